The summed E-state index contributed by atoms with van der Waals surface area (Å²) in [6, 6.07) is 10.00. The van der Waals surface area contributed by atoms with Crippen molar-refractivity contribution in [2.75, 3.05) is 6.61 Å². The number of fused-ring (bicyclic) bond motifs is 1. The molecule has 2 heterocycles. The number of nitrogens with one attached hydrogen (secondary N) is 1. The molecule has 0 saturated carbocycles. The Kier molecular flexibility index (Phi) is 3.54. The zero-order chi connectivity index (χ0) is 15.5. The molecular weight excluding hydrogens is 285 g/mol. The molecule has 0 aliphatic heterocycles. The molecule has 0 bridgehead atoms. The molecule has 108 valence electrons. The van der Waals surface area contributed by atoms with Gasteiger partial charge in [0.15, 0.2) is 18.1 Å². The second-order valence-corrected chi connectivity index (χ2v) is 4.50. The Morgan fingerprint density at radius 2 is 2.18 bits per heavy atom. The number of hydrogen-bond acceptors (Lipinski definition) is 4. The smallest absolute Gasteiger partial charge is 0.358 e. The van der Waals surface area contributed by atoms with Gasteiger partial charge in [-0.1, -0.05) is 18.2 Å². The number of rotatable bonds is 3. The summed E-state index contributed by atoms with van der Waals surface area (Å²) in [7, 11) is 0. The number of esters is 1. The first-order valence-corrected chi connectivity index (χ1v) is 6.47. The van der Waals surface area contributed by atoms with E-state index in [0.717, 1.165) is 5.39 Å². The molecule has 0 unspecified atom stereocenters. The van der Waals surface area contributed by atoms with Crippen molar-refractivity contribution in [3.63, 3.8) is 0 Å². The number of halogens is 1. The molecule has 0 radical (unpaired) electrons. The van der Waals surface area contributed by atoms with Crippen molar-refractivity contribution in [1.82, 2.24) is 9.97 Å². The molecule has 0 atom stereocenters. The number of nitriles is 1. The van der Waals surface area contributed by atoms with Crippen molar-refractivity contribution in [3.05, 3.63) is 54.2 Å². The average Bonchev–Trinajstić information content (AvgIpc) is 3.02. The summed E-state index contributed by atoms with van der Waals surface area (Å²) in [4.78, 5) is 18.7. The summed E-state index contributed by atoms with van der Waals surface area (Å²) < 4.78 is 19.4. The molecule has 0 spiro atoms. The maximum Gasteiger partial charge on any atom is 0.358 e. The van der Waals surface area contributed by atoms with Crippen LogP contribution in [0.4, 0.5) is 4.39 Å². The number of nitrogens with zero attached hydrogens (tertiary/aromatic N) is 2. The Labute approximate surface area is 125 Å². The fourth-order valence-electron chi connectivity index (χ4n) is 2.25. The maximum absolute atomic E-state index is 14.6. The van der Waals surface area contributed by atoms with Gasteiger partial charge in [-0.2, -0.15) is 5.26 Å². The number of benzene rings is 1. The summed E-state index contributed by atoms with van der Waals surface area (Å²) in [5.41, 5.74) is 0.895. The lowest BCUT2D eigenvalue weighted by Gasteiger charge is -2.09. The van der Waals surface area contributed by atoms with Crippen LogP contribution in [0.3, 0.4) is 0 Å². The van der Waals surface area contributed by atoms with Gasteiger partial charge in [0.2, 0.25) is 0 Å². The number of ether oxygens (including phenoxy) is 1. The molecule has 2 aromatic heterocycles. The second-order valence-electron chi connectivity index (χ2n) is 4.50. The quantitative estimate of drug-likeness (QED) is 0.753. The van der Waals surface area contributed by atoms with Crippen LogP contribution in [-0.4, -0.2) is 22.5 Å². The third-order valence-corrected chi connectivity index (χ3v) is 3.22. The zero-order valence-electron chi connectivity index (χ0n) is 11.3. The highest BCUT2D eigenvalue weighted by Crippen LogP contribution is 2.30. The summed E-state index contributed by atoms with van der Waals surface area (Å²) in [6.45, 7) is -0.382. The molecule has 22 heavy (non-hydrogen) atoms. The van der Waals surface area contributed by atoms with Crippen molar-refractivity contribution in [1.29, 1.82) is 5.26 Å². The van der Waals surface area contributed by atoms with Crippen LogP contribution in [0.5, 0.6) is 0 Å². The monoisotopic (exact) mass is 295 g/mol. The molecule has 1 N–H and O–H groups in total. The first-order chi connectivity index (χ1) is 10.7. The SMILES string of the molecule is N#CCOC(=O)c1ncccc1-c1ccc2cc[nH]c2c1F. The van der Waals surface area contributed by atoms with Gasteiger partial charge in [-0.25, -0.2) is 14.2 Å². The van der Waals surface area contributed by atoms with Crippen molar-refractivity contribution in [2.24, 2.45) is 0 Å². The Morgan fingerprint density at radius 3 is 3.00 bits per heavy atom. The zero-order valence-corrected chi connectivity index (χ0v) is 11.3. The average molecular weight is 295 g/mol. The number of aromatic amines is 1. The van der Waals surface area contributed by atoms with E-state index < -0.39 is 11.8 Å². The van der Waals surface area contributed by atoms with Gasteiger partial charge in [0.25, 0.3) is 0 Å². The van der Waals surface area contributed by atoms with E-state index >= 15 is 0 Å². The Balaban J connectivity index is 2.13. The molecule has 0 aliphatic rings. The minimum Gasteiger partial charge on any atom is -0.446 e. The Bertz CT molecular complexity index is 896. The van der Waals surface area contributed by atoms with E-state index in [0.29, 0.717) is 11.1 Å². The van der Waals surface area contributed by atoms with Crippen LogP contribution in [-0.2, 0) is 4.74 Å². The Hall–Kier alpha value is -3.20. The summed E-state index contributed by atoms with van der Waals surface area (Å²) in [5, 5.41) is 9.21. The summed E-state index contributed by atoms with van der Waals surface area (Å²) in [5.74, 6) is -1.23. The van der Waals surface area contributed by atoms with Gasteiger partial charge in [0, 0.05) is 28.9 Å². The van der Waals surface area contributed by atoms with Crippen LogP contribution < -0.4 is 0 Å². The van der Waals surface area contributed by atoms with Crippen LogP contribution in [0.15, 0.2) is 42.7 Å². The summed E-state index contributed by atoms with van der Waals surface area (Å²) >= 11 is 0. The van der Waals surface area contributed by atoms with Crippen molar-refractivity contribution in [3.8, 4) is 17.2 Å². The number of hydrogen-bond donors (Lipinski definition) is 1. The van der Waals surface area contributed by atoms with E-state index in [1.54, 1.807) is 42.6 Å². The lowest BCUT2D eigenvalue weighted by atomic mass is 10.0. The third-order valence-electron chi connectivity index (χ3n) is 3.22. The summed E-state index contributed by atoms with van der Waals surface area (Å²) in [6.07, 6.45) is 3.06. The fraction of sp³-hybridized carbons (Fsp3) is 0.0625. The van der Waals surface area contributed by atoms with Crippen LogP contribution in [0, 0.1) is 17.1 Å². The van der Waals surface area contributed by atoms with Crippen LogP contribution in [0.2, 0.25) is 0 Å². The molecule has 1 aromatic carbocycles. The highest BCUT2D eigenvalue weighted by molar-refractivity contribution is 5.97. The molecule has 0 amide bonds. The van der Waals surface area contributed by atoms with Crippen molar-refractivity contribution in [2.45, 2.75) is 0 Å². The van der Waals surface area contributed by atoms with Crippen molar-refractivity contribution < 1.29 is 13.9 Å². The molecule has 0 saturated heterocycles. The predicted molar refractivity (Wildman–Crippen MR) is 77.4 cm³/mol. The molecule has 5 nitrogen and oxygen atoms in total. The van der Waals surface area contributed by atoms with Gasteiger partial charge >= 0.3 is 5.97 Å². The molecule has 6 heteroatoms. The first kappa shape index (κ1) is 13.8. The van der Waals surface area contributed by atoms with Gasteiger partial charge in [-0.15, -0.1) is 0 Å². The highest BCUT2D eigenvalue weighted by Gasteiger charge is 2.19. The largest absolute Gasteiger partial charge is 0.446 e. The highest BCUT2D eigenvalue weighted by atomic mass is 19.1. The van der Waals surface area contributed by atoms with E-state index in [2.05, 4.69) is 9.97 Å². The molecule has 3 aromatic rings. The van der Waals surface area contributed by atoms with Gasteiger partial charge < -0.3 is 9.72 Å². The normalized spacial score (nSPS) is 10.4. The topological polar surface area (TPSA) is 78.8 Å². The first-order valence-electron chi connectivity index (χ1n) is 6.47. The fourth-order valence-corrected chi connectivity index (χ4v) is 2.25. The van der Waals surface area contributed by atoms with Gasteiger partial charge in [0.05, 0.1) is 5.52 Å². The maximum atomic E-state index is 14.6. The van der Waals surface area contributed by atoms with Gasteiger partial charge in [0.1, 0.15) is 6.07 Å². The van der Waals surface area contributed by atoms with Crippen LogP contribution in [0.1, 0.15) is 10.5 Å². The molecular formula is C16H10FN3O2. The van der Waals surface area contributed by atoms with Crippen LogP contribution >= 0.6 is 0 Å². The lowest BCUT2D eigenvalue weighted by molar-refractivity contribution is 0.0549. The number of aromatic nitrogens is 2. The Morgan fingerprint density at radius 1 is 1.32 bits per heavy atom. The van der Waals surface area contributed by atoms with E-state index in [-0.39, 0.29) is 17.9 Å². The van der Waals surface area contributed by atoms with E-state index in [1.165, 1.54) is 6.20 Å². The third kappa shape index (κ3) is 2.29. The standard InChI is InChI=1S/C16H10FN3O2/c17-13-11(4-3-10-5-8-20-14(10)13)12-2-1-7-19-15(12)16(21)22-9-6-18/h1-5,7-8,20H,9H2. The van der Waals surface area contributed by atoms with E-state index in [4.69, 9.17) is 10.00 Å². The van der Waals surface area contributed by atoms with Crippen LogP contribution in [0.25, 0.3) is 22.0 Å². The number of carbonyl (C=O) groups excluding carboxylic acids is 1. The number of carbonyl (C=O) groups is 1. The molecule has 0 fully saturated rings. The predicted octanol–water partition coefficient (Wildman–Crippen LogP) is 3.05. The number of H-pyrrole nitrogens is 1. The molecule has 3 rings (SSSR count). The minimum absolute atomic E-state index is 0.0254. The minimum atomic E-state index is -0.761. The lowest BCUT2D eigenvalue weighted by Crippen LogP contribution is -2.09. The van der Waals surface area contributed by atoms with E-state index in [9.17, 15) is 9.18 Å². The van der Waals surface area contributed by atoms with E-state index in [1.807, 2.05) is 0 Å². The second kappa shape index (κ2) is 5.66. The van der Waals surface area contributed by atoms with Gasteiger partial charge in [-0.3, -0.25) is 0 Å². The van der Waals surface area contributed by atoms with Crippen molar-refractivity contribution >= 4 is 16.9 Å². The van der Waals surface area contributed by atoms with Gasteiger partial charge in [-0.05, 0) is 12.1 Å². The number of pyridine rings is 1. The molecule has 0 aliphatic carbocycles.